The van der Waals surface area contributed by atoms with E-state index < -0.39 is 0 Å². The molecule has 2 aromatic heterocycles. The van der Waals surface area contributed by atoms with E-state index >= 15 is 0 Å². The first-order valence-corrected chi connectivity index (χ1v) is 8.56. The Hall–Kier alpha value is -1.37. The number of hydrogen-bond acceptors (Lipinski definition) is 6. The van der Waals surface area contributed by atoms with E-state index in [0.29, 0.717) is 11.6 Å². The topological polar surface area (TPSA) is 80.5 Å². The van der Waals surface area contributed by atoms with Crippen molar-refractivity contribution in [3.63, 3.8) is 0 Å². The Kier molecular flexibility index (Phi) is 4.57. The lowest BCUT2D eigenvalue weighted by molar-refractivity contribution is 0.383. The van der Waals surface area contributed by atoms with Gasteiger partial charge in [-0.1, -0.05) is 56.4 Å². The standard InChI is InChI=1S/C14H21N5OS/c1-9(2)13-16-12(20-19-13)8-21-14-15-11(17-18-14)7-10-5-3-4-6-10/h9-10H,3-8H2,1-2H3,(H,15,17,18). The molecule has 114 valence electrons. The van der Waals surface area contributed by atoms with Gasteiger partial charge in [0.1, 0.15) is 5.82 Å². The number of rotatable bonds is 6. The first kappa shape index (κ1) is 14.6. The van der Waals surface area contributed by atoms with Gasteiger partial charge in [-0.05, 0) is 5.92 Å². The molecule has 2 heterocycles. The molecule has 0 radical (unpaired) electrons. The molecule has 1 N–H and O–H groups in total. The Labute approximate surface area is 128 Å². The lowest BCUT2D eigenvalue weighted by Gasteiger charge is -2.03. The van der Waals surface area contributed by atoms with Crippen molar-refractivity contribution in [1.29, 1.82) is 0 Å². The van der Waals surface area contributed by atoms with Crippen molar-refractivity contribution in [3.05, 3.63) is 17.5 Å². The van der Waals surface area contributed by atoms with E-state index in [4.69, 9.17) is 4.52 Å². The normalized spacial score (nSPS) is 16.1. The first-order valence-electron chi connectivity index (χ1n) is 7.57. The zero-order chi connectivity index (χ0) is 14.7. The van der Waals surface area contributed by atoms with Gasteiger partial charge in [-0.15, -0.1) is 5.10 Å². The fourth-order valence-corrected chi connectivity index (χ4v) is 3.26. The lowest BCUT2D eigenvalue weighted by atomic mass is 10.0. The summed E-state index contributed by atoms with van der Waals surface area (Å²) in [7, 11) is 0. The quantitative estimate of drug-likeness (QED) is 0.824. The van der Waals surface area contributed by atoms with Crippen LogP contribution < -0.4 is 0 Å². The second-order valence-corrected chi connectivity index (χ2v) is 6.85. The molecule has 1 aliphatic rings. The minimum absolute atomic E-state index is 0.286. The van der Waals surface area contributed by atoms with Gasteiger partial charge in [0.2, 0.25) is 11.0 Å². The van der Waals surface area contributed by atoms with Crippen LogP contribution in [0.15, 0.2) is 9.68 Å². The molecule has 0 amide bonds. The van der Waals surface area contributed by atoms with Crippen molar-refractivity contribution < 1.29 is 4.52 Å². The third kappa shape index (κ3) is 3.84. The number of aromatic nitrogens is 5. The van der Waals surface area contributed by atoms with Gasteiger partial charge < -0.3 is 4.52 Å². The highest BCUT2D eigenvalue weighted by molar-refractivity contribution is 7.98. The molecule has 0 aliphatic heterocycles. The molecule has 21 heavy (non-hydrogen) atoms. The fraction of sp³-hybridized carbons (Fsp3) is 0.714. The second kappa shape index (κ2) is 6.60. The number of thioether (sulfide) groups is 1. The second-order valence-electron chi connectivity index (χ2n) is 5.91. The largest absolute Gasteiger partial charge is 0.338 e. The van der Waals surface area contributed by atoms with Crippen molar-refractivity contribution in [2.45, 2.75) is 62.8 Å². The first-order chi connectivity index (χ1) is 10.2. The van der Waals surface area contributed by atoms with E-state index in [0.717, 1.165) is 29.1 Å². The van der Waals surface area contributed by atoms with Gasteiger partial charge in [-0.3, -0.25) is 5.10 Å². The van der Waals surface area contributed by atoms with Crippen LogP contribution in [0, 0.1) is 5.92 Å². The van der Waals surface area contributed by atoms with E-state index in [9.17, 15) is 0 Å². The summed E-state index contributed by atoms with van der Waals surface area (Å²) in [6, 6.07) is 0. The average Bonchev–Trinajstić information content (AvgIpc) is 3.18. The van der Waals surface area contributed by atoms with Gasteiger partial charge in [0, 0.05) is 12.3 Å². The Balaban J connectivity index is 1.51. The monoisotopic (exact) mass is 307 g/mol. The van der Waals surface area contributed by atoms with Crippen molar-refractivity contribution in [2.75, 3.05) is 0 Å². The highest BCUT2D eigenvalue weighted by Crippen LogP contribution is 2.27. The minimum atomic E-state index is 0.286. The molecule has 1 aliphatic carbocycles. The highest BCUT2D eigenvalue weighted by Gasteiger charge is 2.17. The molecule has 0 saturated heterocycles. The number of H-pyrrole nitrogens is 1. The maximum absolute atomic E-state index is 5.21. The lowest BCUT2D eigenvalue weighted by Crippen LogP contribution is -2.00. The van der Waals surface area contributed by atoms with Crippen LogP contribution in [0.3, 0.4) is 0 Å². The third-order valence-corrected chi connectivity index (χ3v) is 4.62. The van der Waals surface area contributed by atoms with Gasteiger partial charge in [0.25, 0.3) is 0 Å². The van der Waals surface area contributed by atoms with Crippen molar-refractivity contribution in [3.8, 4) is 0 Å². The smallest absolute Gasteiger partial charge is 0.237 e. The van der Waals surface area contributed by atoms with Crippen LogP contribution in [-0.4, -0.2) is 25.3 Å². The zero-order valence-corrected chi connectivity index (χ0v) is 13.3. The Bertz CT molecular complexity index is 573. The summed E-state index contributed by atoms with van der Waals surface area (Å²) in [5.74, 6) is 4.06. The number of nitrogens with one attached hydrogen (secondary N) is 1. The minimum Gasteiger partial charge on any atom is -0.338 e. The highest BCUT2D eigenvalue weighted by atomic mass is 32.2. The average molecular weight is 307 g/mol. The molecule has 1 saturated carbocycles. The van der Waals surface area contributed by atoms with E-state index in [2.05, 4.69) is 25.3 Å². The van der Waals surface area contributed by atoms with E-state index in [1.54, 1.807) is 0 Å². The number of aromatic amines is 1. The molecule has 3 rings (SSSR count). The van der Waals surface area contributed by atoms with Crippen LogP contribution in [0.1, 0.15) is 63.0 Å². The van der Waals surface area contributed by atoms with Gasteiger partial charge in [-0.25, -0.2) is 4.98 Å². The molecule has 6 nitrogen and oxygen atoms in total. The molecule has 0 aromatic carbocycles. The van der Waals surface area contributed by atoms with E-state index in [-0.39, 0.29) is 5.92 Å². The number of nitrogens with zero attached hydrogens (tertiary/aromatic N) is 4. The van der Waals surface area contributed by atoms with Crippen LogP contribution in [0.25, 0.3) is 0 Å². The SMILES string of the molecule is CC(C)c1noc(CSc2n[nH]c(CC3CCCC3)n2)n1. The van der Waals surface area contributed by atoms with Gasteiger partial charge >= 0.3 is 0 Å². The molecule has 0 spiro atoms. The molecule has 2 aromatic rings. The molecular weight excluding hydrogens is 286 g/mol. The molecule has 7 heteroatoms. The zero-order valence-electron chi connectivity index (χ0n) is 12.5. The Morgan fingerprint density at radius 1 is 1.29 bits per heavy atom. The molecule has 0 bridgehead atoms. The number of hydrogen-bond donors (Lipinski definition) is 1. The van der Waals surface area contributed by atoms with Crippen LogP contribution in [0.2, 0.25) is 0 Å². The van der Waals surface area contributed by atoms with Crippen LogP contribution in [0.5, 0.6) is 0 Å². The van der Waals surface area contributed by atoms with Gasteiger partial charge in [-0.2, -0.15) is 4.98 Å². The maximum Gasteiger partial charge on any atom is 0.237 e. The summed E-state index contributed by atoms with van der Waals surface area (Å²) in [6.07, 6.45) is 6.38. The molecule has 0 atom stereocenters. The molecule has 0 unspecified atom stereocenters. The van der Waals surface area contributed by atoms with Crippen molar-refractivity contribution >= 4 is 11.8 Å². The maximum atomic E-state index is 5.21. The van der Waals surface area contributed by atoms with Gasteiger partial charge in [0.05, 0.1) is 5.75 Å². The summed E-state index contributed by atoms with van der Waals surface area (Å²) in [6.45, 7) is 4.10. The van der Waals surface area contributed by atoms with Crippen molar-refractivity contribution in [2.24, 2.45) is 5.92 Å². The van der Waals surface area contributed by atoms with Crippen LogP contribution in [0.4, 0.5) is 0 Å². The predicted octanol–water partition coefficient (Wildman–Crippen LogP) is 3.34. The third-order valence-electron chi connectivity index (χ3n) is 3.79. The molecule has 1 fully saturated rings. The van der Waals surface area contributed by atoms with E-state index in [1.807, 2.05) is 13.8 Å². The summed E-state index contributed by atoms with van der Waals surface area (Å²) in [4.78, 5) is 8.89. The summed E-state index contributed by atoms with van der Waals surface area (Å²) < 4.78 is 5.21. The fourth-order valence-electron chi connectivity index (χ4n) is 2.61. The van der Waals surface area contributed by atoms with Gasteiger partial charge in [0.15, 0.2) is 5.82 Å². The summed E-state index contributed by atoms with van der Waals surface area (Å²) in [5, 5.41) is 12.0. The van der Waals surface area contributed by atoms with Crippen LogP contribution >= 0.6 is 11.8 Å². The van der Waals surface area contributed by atoms with Crippen molar-refractivity contribution in [1.82, 2.24) is 25.3 Å². The predicted molar refractivity (Wildman–Crippen MR) is 80.0 cm³/mol. The molecular formula is C14H21N5OS. The van der Waals surface area contributed by atoms with E-state index in [1.165, 1.54) is 37.4 Å². The Morgan fingerprint density at radius 2 is 2.10 bits per heavy atom. The van der Waals surface area contributed by atoms with Crippen LogP contribution in [-0.2, 0) is 12.2 Å². The summed E-state index contributed by atoms with van der Waals surface area (Å²) in [5.41, 5.74) is 0. The summed E-state index contributed by atoms with van der Waals surface area (Å²) >= 11 is 1.53. The Morgan fingerprint density at radius 3 is 2.81 bits per heavy atom.